The molecular formula is C15H10F5NO2. The third-order valence-electron chi connectivity index (χ3n) is 2.87. The van der Waals surface area contributed by atoms with E-state index >= 15 is 0 Å². The highest BCUT2D eigenvalue weighted by Crippen LogP contribution is 2.21. The monoisotopic (exact) mass is 331 g/mol. The predicted molar refractivity (Wildman–Crippen MR) is 71.4 cm³/mol. The van der Waals surface area contributed by atoms with E-state index in [0.717, 1.165) is 24.3 Å². The molecule has 0 aliphatic rings. The number of ether oxygens (including phenoxy) is 1. The van der Waals surface area contributed by atoms with Gasteiger partial charge in [0.2, 0.25) is 0 Å². The van der Waals surface area contributed by atoms with E-state index in [1.165, 1.54) is 6.92 Å². The van der Waals surface area contributed by atoms with Crippen molar-refractivity contribution in [2.24, 2.45) is 0 Å². The maximum absolute atomic E-state index is 13.4. The standard InChI is InChI=1S/C15H10F5NO2/c1-7(23-8-2-3-9(16)11(18)6-8)15(22)21-12-5-4-10(17)13(19)14(12)20/h2-7H,1H3,(H,21,22). The van der Waals surface area contributed by atoms with E-state index in [-0.39, 0.29) is 5.75 Å². The summed E-state index contributed by atoms with van der Waals surface area (Å²) in [6, 6.07) is 4.13. The molecule has 0 heterocycles. The number of halogens is 5. The molecule has 0 aromatic heterocycles. The van der Waals surface area contributed by atoms with Gasteiger partial charge >= 0.3 is 0 Å². The lowest BCUT2D eigenvalue weighted by Crippen LogP contribution is -2.30. The van der Waals surface area contributed by atoms with Crippen LogP contribution in [0.2, 0.25) is 0 Å². The summed E-state index contributed by atoms with van der Waals surface area (Å²) in [4.78, 5) is 11.8. The number of benzene rings is 2. The summed E-state index contributed by atoms with van der Waals surface area (Å²) in [7, 11) is 0. The second-order valence-corrected chi connectivity index (χ2v) is 4.55. The van der Waals surface area contributed by atoms with Crippen LogP contribution in [0, 0.1) is 29.1 Å². The molecular weight excluding hydrogens is 321 g/mol. The minimum Gasteiger partial charge on any atom is -0.481 e. The van der Waals surface area contributed by atoms with Crippen LogP contribution >= 0.6 is 0 Å². The Morgan fingerprint density at radius 3 is 2.26 bits per heavy atom. The molecule has 0 bridgehead atoms. The Morgan fingerprint density at radius 2 is 1.61 bits per heavy atom. The highest BCUT2D eigenvalue weighted by Gasteiger charge is 2.20. The minimum absolute atomic E-state index is 0.127. The Bertz CT molecular complexity index is 751. The van der Waals surface area contributed by atoms with Gasteiger partial charge in [-0.25, -0.2) is 22.0 Å². The van der Waals surface area contributed by atoms with E-state index in [1.54, 1.807) is 0 Å². The van der Waals surface area contributed by atoms with Crippen LogP contribution < -0.4 is 10.1 Å². The Balaban J connectivity index is 2.08. The maximum Gasteiger partial charge on any atom is 0.265 e. The van der Waals surface area contributed by atoms with Gasteiger partial charge < -0.3 is 10.1 Å². The summed E-state index contributed by atoms with van der Waals surface area (Å²) in [5, 5.41) is 2.01. The van der Waals surface area contributed by atoms with Gasteiger partial charge in [0.15, 0.2) is 35.2 Å². The van der Waals surface area contributed by atoms with Crippen LogP contribution in [0.3, 0.4) is 0 Å². The first-order valence-corrected chi connectivity index (χ1v) is 6.35. The number of carbonyl (C=O) groups excluding carboxylic acids is 1. The van der Waals surface area contributed by atoms with Crippen molar-refractivity contribution in [3.05, 3.63) is 59.4 Å². The smallest absolute Gasteiger partial charge is 0.265 e. The average molecular weight is 331 g/mol. The van der Waals surface area contributed by atoms with Crippen LogP contribution in [0.15, 0.2) is 30.3 Å². The highest BCUT2D eigenvalue weighted by atomic mass is 19.2. The zero-order valence-corrected chi connectivity index (χ0v) is 11.7. The SMILES string of the molecule is CC(Oc1ccc(F)c(F)c1)C(=O)Nc1ccc(F)c(F)c1F. The maximum atomic E-state index is 13.4. The molecule has 3 nitrogen and oxygen atoms in total. The fourth-order valence-electron chi connectivity index (χ4n) is 1.66. The summed E-state index contributed by atoms with van der Waals surface area (Å²) >= 11 is 0. The largest absolute Gasteiger partial charge is 0.481 e. The number of anilines is 1. The third-order valence-corrected chi connectivity index (χ3v) is 2.87. The van der Waals surface area contributed by atoms with Crippen molar-refractivity contribution in [3.8, 4) is 5.75 Å². The Hall–Kier alpha value is -2.64. The molecule has 2 aromatic carbocycles. The van der Waals surface area contributed by atoms with Crippen LogP contribution in [-0.4, -0.2) is 12.0 Å². The molecule has 23 heavy (non-hydrogen) atoms. The molecule has 0 radical (unpaired) electrons. The normalized spacial score (nSPS) is 11.9. The number of nitrogens with one attached hydrogen (secondary N) is 1. The molecule has 1 atom stereocenters. The summed E-state index contributed by atoms with van der Waals surface area (Å²) in [5.41, 5.74) is -0.574. The van der Waals surface area contributed by atoms with Crippen LogP contribution in [-0.2, 0) is 4.79 Å². The number of amides is 1. The van der Waals surface area contributed by atoms with E-state index in [9.17, 15) is 26.7 Å². The van der Waals surface area contributed by atoms with Crippen LogP contribution in [0.4, 0.5) is 27.6 Å². The molecule has 0 aliphatic carbocycles. The number of hydrogen-bond acceptors (Lipinski definition) is 2. The first kappa shape index (κ1) is 16.7. The molecule has 2 aromatic rings. The second-order valence-electron chi connectivity index (χ2n) is 4.55. The van der Waals surface area contributed by atoms with Crippen molar-refractivity contribution in [1.82, 2.24) is 0 Å². The predicted octanol–water partition coefficient (Wildman–Crippen LogP) is 3.79. The Morgan fingerprint density at radius 1 is 0.957 bits per heavy atom. The van der Waals surface area contributed by atoms with Crippen molar-refractivity contribution >= 4 is 11.6 Å². The lowest BCUT2D eigenvalue weighted by Gasteiger charge is -2.15. The molecule has 0 saturated heterocycles. The van der Waals surface area contributed by atoms with Crippen molar-refractivity contribution in [2.45, 2.75) is 13.0 Å². The quantitative estimate of drug-likeness (QED) is 0.684. The average Bonchev–Trinajstić information content (AvgIpc) is 2.51. The van der Waals surface area contributed by atoms with Gasteiger partial charge in [0.1, 0.15) is 5.75 Å². The summed E-state index contributed by atoms with van der Waals surface area (Å²) in [5.74, 6) is -7.95. The fourth-order valence-corrected chi connectivity index (χ4v) is 1.66. The van der Waals surface area contributed by atoms with Crippen molar-refractivity contribution in [2.75, 3.05) is 5.32 Å². The van der Waals surface area contributed by atoms with Crippen LogP contribution in [0.1, 0.15) is 6.92 Å². The minimum atomic E-state index is -1.73. The van der Waals surface area contributed by atoms with Crippen molar-refractivity contribution in [3.63, 3.8) is 0 Å². The topological polar surface area (TPSA) is 38.3 Å². The van der Waals surface area contributed by atoms with Crippen molar-refractivity contribution < 1.29 is 31.5 Å². The zero-order valence-electron chi connectivity index (χ0n) is 11.7. The third kappa shape index (κ3) is 3.77. The first-order valence-electron chi connectivity index (χ1n) is 6.35. The van der Waals surface area contributed by atoms with Gasteiger partial charge in [-0.05, 0) is 31.2 Å². The lowest BCUT2D eigenvalue weighted by atomic mass is 10.2. The van der Waals surface area contributed by atoms with Gasteiger partial charge in [0, 0.05) is 6.07 Å². The van der Waals surface area contributed by atoms with Gasteiger partial charge in [0.25, 0.3) is 5.91 Å². The number of carbonyl (C=O) groups is 1. The molecule has 1 N–H and O–H groups in total. The molecule has 1 unspecified atom stereocenters. The number of rotatable bonds is 4. The van der Waals surface area contributed by atoms with Crippen molar-refractivity contribution in [1.29, 1.82) is 0 Å². The van der Waals surface area contributed by atoms with Gasteiger partial charge in [-0.1, -0.05) is 0 Å². The molecule has 0 saturated carbocycles. The van der Waals surface area contributed by atoms with Gasteiger partial charge in [-0.2, -0.15) is 0 Å². The molecule has 122 valence electrons. The number of hydrogen-bond donors (Lipinski definition) is 1. The van der Waals surface area contributed by atoms with E-state index in [1.807, 2.05) is 5.32 Å². The molecule has 1 amide bonds. The summed E-state index contributed by atoms with van der Waals surface area (Å²) in [6.45, 7) is 1.26. The Labute approximate surface area is 127 Å². The second kappa shape index (κ2) is 6.64. The molecule has 0 spiro atoms. The first-order chi connectivity index (χ1) is 10.8. The fraction of sp³-hybridized carbons (Fsp3) is 0.133. The van der Waals surface area contributed by atoms with Crippen LogP contribution in [0.5, 0.6) is 5.75 Å². The van der Waals surface area contributed by atoms with Gasteiger partial charge in [0.05, 0.1) is 5.69 Å². The van der Waals surface area contributed by atoms with Crippen LogP contribution in [0.25, 0.3) is 0 Å². The highest BCUT2D eigenvalue weighted by molar-refractivity contribution is 5.94. The van der Waals surface area contributed by atoms with E-state index in [4.69, 9.17) is 4.74 Å². The molecule has 2 rings (SSSR count). The van der Waals surface area contributed by atoms with Gasteiger partial charge in [-0.3, -0.25) is 4.79 Å². The molecule has 0 fully saturated rings. The summed E-state index contributed by atoms with van der Waals surface area (Å²) in [6.07, 6.45) is -1.23. The molecule has 8 heteroatoms. The van der Waals surface area contributed by atoms with E-state index < -0.39 is 46.8 Å². The van der Waals surface area contributed by atoms with Gasteiger partial charge in [-0.15, -0.1) is 0 Å². The lowest BCUT2D eigenvalue weighted by molar-refractivity contribution is -0.122. The van der Waals surface area contributed by atoms with E-state index in [0.29, 0.717) is 6.07 Å². The Kier molecular flexibility index (Phi) is 4.83. The summed E-state index contributed by atoms with van der Waals surface area (Å²) < 4.78 is 70.2. The van der Waals surface area contributed by atoms with E-state index in [2.05, 4.69) is 0 Å². The zero-order chi connectivity index (χ0) is 17.1. The molecule has 0 aliphatic heterocycles.